The number of nitrogens with one attached hydrogen (secondary N) is 2. The summed E-state index contributed by atoms with van der Waals surface area (Å²) in [5, 5.41) is 6.99. The first-order valence-electron chi connectivity index (χ1n) is 10.2. The van der Waals surface area contributed by atoms with E-state index in [4.69, 9.17) is 51.1 Å². The van der Waals surface area contributed by atoms with E-state index in [1.165, 1.54) is 12.1 Å². The summed E-state index contributed by atoms with van der Waals surface area (Å²) >= 11 is 24.1. The van der Waals surface area contributed by atoms with E-state index in [0.29, 0.717) is 43.0 Å². The van der Waals surface area contributed by atoms with Crippen molar-refractivity contribution in [3.8, 4) is 11.5 Å². The summed E-state index contributed by atoms with van der Waals surface area (Å²) in [6, 6.07) is 23.0. The van der Waals surface area contributed by atoms with E-state index in [1.807, 2.05) is 0 Å². The van der Waals surface area contributed by atoms with Gasteiger partial charge < -0.3 is 15.4 Å². The number of hydrogen-bond donors (Lipinski definition) is 2. The molecular formula is C26H16Cl4N2O3. The van der Waals surface area contributed by atoms with Gasteiger partial charge in [0, 0.05) is 21.4 Å². The lowest BCUT2D eigenvalue weighted by Crippen LogP contribution is -2.12. The van der Waals surface area contributed by atoms with E-state index in [9.17, 15) is 9.59 Å². The molecule has 0 bridgehead atoms. The summed E-state index contributed by atoms with van der Waals surface area (Å²) in [6.45, 7) is 0. The van der Waals surface area contributed by atoms with Crippen molar-refractivity contribution >= 4 is 69.6 Å². The molecule has 0 fully saturated rings. The smallest absolute Gasteiger partial charge is 0.257 e. The fourth-order valence-electron chi connectivity index (χ4n) is 3.09. The summed E-state index contributed by atoms with van der Waals surface area (Å²) in [4.78, 5) is 24.9. The molecule has 176 valence electrons. The lowest BCUT2D eigenvalue weighted by Gasteiger charge is -2.10. The SMILES string of the molecule is O=C(Nc1ccc(Oc2ccc(NC(=O)c3cc(Cl)ccc3Cl)cc2)cc1)c1cc(Cl)ccc1Cl. The summed E-state index contributed by atoms with van der Waals surface area (Å²) < 4.78 is 5.83. The Labute approximate surface area is 221 Å². The Morgan fingerprint density at radius 1 is 0.543 bits per heavy atom. The molecule has 0 aliphatic carbocycles. The zero-order valence-corrected chi connectivity index (χ0v) is 20.8. The highest BCUT2D eigenvalue weighted by atomic mass is 35.5. The number of carbonyl (C=O) groups excluding carboxylic acids is 2. The predicted molar refractivity (Wildman–Crippen MR) is 142 cm³/mol. The fourth-order valence-corrected chi connectivity index (χ4v) is 3.84. The van der Waals surface area contributed by atoms with Gasteiger partial charge in [0.2, 0.25) is 0 Å². The molecule has 4 aromatic rings. The van der Waals surface area contributed by atoms with E-state index in [0.717, 1.165) is 0 Å². The van der Waals surface area contributed by atoms with Crippen LogP contribution in [0, 0.1) is 0 Å². The molecule has 0 saturated carbocycles. The average molecular weight is 546 g/mol. The molecule has 0 atom stereocenters. The van der Waals surface area contributed by atoms with Gasteiger partial charge in [0.05, 0.1) is 21.2 Å². The first kappa shape index (κ1) is 24.9. The maximum atomic E-state index is 12.5. The lowest BCUT2D eigenvalue weighted by molar-refractivity contribution is 0.101. The van der Waals surface area contributed by atoms with Gasteiger partial charge in [0.25, 0.3) is 11.8 Å². The van der Waals surface area contributed by atoms with Gasteiger partial charge in [-0.2, -0.15) is 0 Å². The highest BCUT2D eigenvalue weighted by Crippen LogP contribution is 2.27. The number of ether oxygens (including phenoxy) is 1. The molecule has 0 aromatic heterocycles. The molecule has 0 radical (unpaired) electrons. The number of halogens is 4. The van der Waals surface area contributed by atoms with Gasteiger partial charge in [0.15, 0.2) is 0 Å². The normalized spacial score (nSPS) is 10.5. The third-order valence-corrected chi connectivity index (χ3v) is 5.94. The Bertz CT molecular complexity index is 1280. The monoisotopic (exact) mass is 544 g/mol. The Kier molecular flexibility index (Phi) is 7.83. The van der Waals surface area contributed by atoms with E-state index in [-0.39, 0.29) is 22.9 Å². The zero-order valence-electron chi connectivity index (χ0n) is 17.8. The van der Waals surface area contributed by atoms with Crippen LogP contribution in [0.15, 0.2) is 84.9 Å². The van der Waals surface area contributed by atoms with Crippen molar-refractivity contribution in [2.24, 2.45) is 0 Å². The highest BCUT2D eigenvalue weighted by molar-refractivity contribution is 6.37. The average Bonchev–Trinajstić information content (AvgIpc) is 2.84. The molecule has 4 rings (SSSR count). The van der Waals surface area contributed by atoms with Crippen LogP contribution in [0.4, 0.5) is 11.4 Å². The van der Waals surface area contributed by atoms with Crippen molar-refractivity contribution < 1.29 is 14.3 Å². The largest absolute Gasteiger partial charge is 0.457 e. The number of amides is 2. The number of rotatable bonds is 6. The van der Waals surface area contributed by atoms with Crippen molar-refractivity contribution in [2.75, 3.05) is 10.6 Å². The third-order valence-electron chi connectivity index (χ3n) is 4.81. The Hall–Kier alpha value is -3.22. The first-order chi connectivity index (χ1) is 16.8. The van der Waals surface area contributed by atoms with Gasteiger partial charge in [-0.15, -0.1) is 0 Å². The van der Waals surface area contributed by atoms with Gasteiger partial charge in [-0.3, -0.25) is 9.59 Å². The molecule has 0 heterocycles. The van der Waals surface area contributed by atoms with Crippen LogP contribution in [0.1, 0.15) is 20.7 Å². The molecular weight excluding hydrogens is 530 g/mol. The maximum Gasteiger partial charge on any atom is 0.257 e. The van der Waals surface area contributed by atoms with E-state index in [2.05, 4.69) is 10.6 Å². The van der Waals surface area contributed by atoms with Crippen molar-refractivity contribution in [3.05, 3.63) is 116 Å². The summed E-state index contributed by atoms with van der Waals surface area (Å²) in [5.41, 5.74) is 1.70. The Morgan fingerprint density at radius 3 is 1.29 bits per heavy atom. The standard InChI is InChI=1S/C26H16Cl4N2O3/c27-15-1-11-23(29)21(13-15)25(33)31-17-3-7-19(8-4-17)35-20-9-5-18(6-10-20)32-26(34)22-14-16(28)2-12-24(22)30/h1-14H,(H,31,33)(H,32,34). The summed E-state index contributed by atoms with van der Waals surface area (Å²) in [5.74, 6) is 0.378. The molecule has 0 saturated heterocycles. The number of hydrogen-bond acceptors (Lipinski definition) is 3. The molecule has 2 amide bonds. The minimum Gasteiger partial charge on any atom is -0.457 e. The van der Waals surface area contributed by atoms with Crippen LogP contribution in [-0.2, 0) is 0 Å². The van der Waals surface area contributed by atoms with Gasteiger partial charge in [-0.05, 0) is 84.9 Å². The van der Waals surface area contributed by atoms with Gasteiger partial charge in [-0.25, -0.2) is 0 Å². The van der Waals surface area contributed by atoms with Crippen LogP contribution in [0.3, 0.4) is 0 Å². The van der Waals surface area contributed by atoms with E-state index < -0.39 is 0 Å². The minimum atomic E-state index is -0.372. The van der Waals surface area contributed by atoms with E-state index in [1.54, 1.807) is 72.8 Å². The van der Waals surface area contributed by atoms with Crippen molar-refractivity contribution in [1.82, 2.24) is 0 Å². The molecule has 9 heteroatoms. The van der Waals surface area contributed by atoms with Gasteiger partial charge >= 0.3 is 0 Å². The Balaban J connectivity index is 1.36. The van der Waals surface area contributed by atoms with Crippen LogP contribution in [0.5, 0.6) is 11.5 Å². The summed E-state index contributed by atoms with van der Waals surface area (Å²) in [6.07, 6.45) is 0. The van der Waals surface area contributed by atoms with Crippen molar-refractivity contribution in [1.29, 1.82) is 0 Å². The van der Waals surface area contributed by atoms with Gasteiger partial charge in [-0.1, -0.05) is 46.4 Å². The maximum absolute atomic E-state index is 12.5. The quantitative estimate of drug-likeness (QED) is 0.255. The molecule has 0 aliphatic rings. The molecule has 0 aliphatic heterocycles. The zero-order chi connectivity index (χ0) is 24.9. The predicted octanol–water partition coefficient (Wildman–Crippen LogP) is 8.60. The molecule has 4 aromatic carbocycles. The van der Waals surface area contributed by atoms with Crippen molar-refractivity contribution in [2.45, 2.75) is 0 Å². The highest BCUT2D eigenvalue weighted by Gasteiger charge is 2.13. The van der Waals surface area contributed by atoms with Gasteiger partial charge in [0.1, 0.15) is 11.5 Å². The first-order valence-corrected chi connectivity index (χ1v) is 11.7. The number of benzene rings is 4. The second kappa shape index (κ2) is 11.0. The van der Waals surface area contributed by atoms with Crippen LogP contribution < -0.4 is 15.4 Å². The number of carbonyl (C=O) groups is 2. The summed E-state index contributed by atoms with van der Waals surface area (Å²) in [7, 11) is 0. The fraction of sp³-hybridized carbons (Fsp3) is 0. The van der Waals surface area contributed by atoms with Crippen LogP contribution in [0.25, 0.3) is 0 Å². The molecule has 5 nitrogen and oxygen atoms in total. The van der Waals surface area contributed by atoms with Crippen LogP contribution in [-0.4, -0.2) is 11.8 Å². The third kappa shape index (κ3) is 6.47. The topological polar surface area (TPSA) is 67.4 Å². The minimum absolute atomic E-state index is 0.282. The number of anilines is 2. The molecule has 0 unspecified atom stereocenters. The second-order valence-corrected chi connectivity index (χ2v) is 8.99. The molecule has 35 heavy (non-hydrogen) atoms. The van der Waals surface area contributed by atoms with Crippen molar-refractivity contribution in [3.63, 3.8) is 0 Å². The lowest BCUT2D eigenvalue weighted by atomic mass is 10.2. The molecule has 2 N–H and O–H groups in total. The van der Waals surface area contributed by atoms with Crippen LogP contribution >= 0.6 is 46.4 Å². The van der Waals surface area contributed by atoms with E-state index >= 15 is 0 Å². The second-order valence-electron chi connectivity index (χ2n) is 7.31. The Morgan fingerprint density at radius 2 is 0.914 bits per heavy atom. The molecule has 0 spiro atoms. The van der Waals surface area contributed by atoms with Crippen LogP contribution in [0.2, 0.25) is 20.1 Å².